The first kappa shape index (κ1) is 15.6. The summed E-state index contributed by atoms with van der Waals surface area (Å²) in [5.74, 6) is 1.04. The summed E-state index contributed by atoms with van der Waals surface area (Å²) >= 11 is 11.9. The number of halogens is 2. The van der Waals surface area contributed by atoms with Crippen molar-refractivity contribution in [2.24, 2.45) is 0 Å². The molecule has 0 fully saturated rings. The molecule has 0 aliphatic rings. The Balaban J connectivity index is 2.24. The molecule has 0 saturated heterocycles. The van der Waals surface area contributed by atoms with Crippen LogP contribution in [0.2, 0.25) is 10.0 Å². The van der Waals surface area contributed by atoms with E-state index in [0.717, 1.165) is 0 Å². The van der Waals surface area contributed by atoms with Crippen LogP contribution in [0, 0.1) is 0 Å². The maximum Gasteiger partial charge on any atom is 0.347 e. The van der Waals surface area contributed by atoms with Gasteiger partial charge in [-0.05, 0) is 18.2 Å². The third kappa shape index (κ3) is 2.85. The summed E-state index contributed by atoms with van der Waals surface area (Å²) in [7, 11) is 3.00. The Morgan fingerprint density at radius 3 is 2.35 bits per heavy atom. The molecule has 0 aliphatic heterocycles. The maximum atomic E-state index is 12.2. The van der Waals surface area contributed by atoms with Gasteiger partial charge in [0.05, 0.1) is 35.2 Å². The van der Waals surface area contributed by atoms with E-state index in [0.29, 0.717) is 38.0 Å². The lowest BCUT2D eigenvalue weighted by Gasteiger charge is -2.09. The number of hydrogen-bond donors (Lipinski definition) is 0. The van der Waals surface area contributed by atoms with Crippen molar-refractivity contribution in [3.63, 3.8) is 0 Å². The number of fused-ring (bicyclic) bond motifs is 1. The molecule has 7 heteroatoms. The van der Waals surface area contributed by atoms with E-state index in [1.54, 1.807) is 24.3 Å². The molecule has 3 rings (SSSR count). The summed E-state index contributed by atoms with van der Waals surface area (Å²) < 4.78 is 15.7. The highest BCUT2D eigenvalue weighted by molar-refractivity contribution is 6.42. The molecule has 0 atom stereocenters. The van der Waals surface area contributed by atoms with Crippen LogP contribution in [0.3, 0.4) is 0 Å². The minimum Gasteiger partial charge on any atom is -0.493 e. The van der Waals surface area contributed by atoms with Gasteiger partial charge in [-0.3, -0.25) is 0 Å². The molecular weight excluding hydrogens is 341 g/mol. The predicted octanol–water partition coefficient (Wildman–Crippen LogP) is 4.18. The number of benzene rings is 2. The Morgan fingerprint density at radius 1 is 1.00 bits per heavy atom. The Bertz CT molecular complexity index is 953. The Labute approximate surface area is 141 Å². The largest absolute Gasteiger partial charge is 0.493 e. The van der Waals surface area contributed by atoms with Gasteiger partial charge in [0.25, 0.3) is 0 Å². The molecular formula is C16H11Cl2NO4. The SMILES string of the molecule is COc1cc2nc(-c3ccc(Cl)c(Cl)c3)oc(=O)c2cc1OC. The molecule has 1 heterocycles. The molecule has 0 aliphatic carbocycles. The van der Waals surface area contributed by atoms with E-state index in [1.807, 2.05) is 0 Å². The lowest BCUT2D eigenvalue weighted by Crippen LogP contribution is -2.04. The predicted molar refractivity (Wildman–Crippen MR) is 88.8 cm³/mol. The van der Waals surface area contributed by atoms with Crippen molar-refractivity contribution in [3.05, 3.63) is 50.8 Å². The maximum absolute atomic E-state index is 12.2. The Morgan fingerprint density at radius 2 is 1.70 bits per heavy atom. The molecule has 0 N–H and O–H groups in total. The summed E-state index contributed by atoms with van der Waals surface area (Å²) in [4.78, 5) is 16.6. The van der Waals surface area contributed by atoms with Crippen molar-refractivity contribution in [1.82, 2.24) is 4.98 Å². The Hall–Kier alpha value is -2.24. The van der Waals surface area contributed by atoms with E-state index in [4.69, 9.17) is 37.1 Å². The number of aromatic nitrogens is 1. The van der Waals surface area contributed by atoms with Crippen LogP contribution in [0.25, 0.3) is 22.4 Å². The van der Waals surface area contributed by atoms with Crippen LogP contribution in [-0.4, -0.2) is 19.2 Å². The van der Waals surface area contributed by atoms with Crippen LogP contribution in [0.1, 0.15) is 0 Å². The first-order valence-corrected chi connectivity index (χ1v) is 7.31. The van der Waals surface area contributed by atoms with Gasteiger partial charge >= 0.3 is 5.63 Å². The van der Waals surface area contributed by atoms with Gasteiger partial charge in [-0.15, -0.1) is 0 Å². The highest BCUT2D eigenvalue weighted by Crippen LogP contribution is 2.32. The molecule has 5 nitrogen and oxygen atoms in total. The van der Waals surface area contributed by atoms with Crippen molar-refractivity contribution in [2.45, 2.75) is 0 Å². The summed E-state index contributed by atoms with van der Waals surface area (Å²) in [6.45, 7) is 0. The van der Waals surface area contributed by atoms with Gasteiger partial charge in [0.1, 0.15) is 0 Å². The number of hydrogen-bond acceptors (Lipinski definition) is 5. The number of nitrogens with zero attached hydrogens (tertiary/aromatic N) is 1. The molecule has 0 spiro atoms. The average Bonchev–Trinajstić information content (AvgIpc) is 2.56. The second-order valence-corrected chi connectivity index (χ2v) is 5.47. The molecule has 1 aromatic heterocycles. The lowest BCUT2D eigenvalue weighted by atomic mass is 10.2. The molecule has 118 valence electrons. The van der Waals surface area contributed by atoms with E-state index in [2.05, 4.69) is 4.98 Å². The summed E-state index contributed by atoms with van der Waals surface area (Å²) in [5.41, 5.74) is 0.449. The molecule has 0 bridgehead atoms. The van der Waals surface area contributed by atoms with Crippen LogP contribution < -0.4 is 15.1 Å². The van der Waals surface area contributed by atoms with Gasteiger partial charge in [-0.2, -0.15) is 0 Å². The standard InChI is InChI=1S/C16H11Cl2NO4/c1-21-13-6-9-12(7-14(13)22-2)19-15(23-16(9)20)8-3-4-10(17)11(18)5-8/h3-7H,1-2H3. The molecule has 0 radical (unpaired) electrons. The minimum atomic E-state index is -0.531. The van der Waals surface area contributed by atoms with E-state index in [1.165, 1.54) is 20.3 Å². The molecule has 0 saturated carbocycles. The van der Waals surface area contributed by atoms with Gasteiger partial charge in [0, 0.05) is 17.7 Å². The van der Waals surface area contributed by atoms with Crippen molar-refractivity contribution >= 4 is 34.1 Å². The van der Waals surface area contributed by atoms with Gasteiger partial charge in [-0.1, -0.05) is 23.2 Å². The minimum absolute atomic E-state index is 0.147. The van der Waals surface area contributed by atoms with Crippen LogP contribution >= 0.6 is 23.2 Å². The van der Waals surface area contributed by atoms with Gasteiger partial charge in [0.15, 0.2) is 11.5 Å². The average molecular weight is 352 g/mol. The Kier molecular flexibility index (Phi) is 4.15. The molecule has 2 aromatic carbocycles. The third-order valence-corrected chi connectivity index (χ3v) is 4.04. The number of ether oxygens (including phenoxy) is 2. The monoisotopic (exact) mass is 351 g/mol. The fourth-order valence-electron chi connectivity index (χ4n) is 2.15. The quantitative estimate of drug-likeness (QED) is 0.708. The summed E-state index contributed by atoms with van der Waals surface area (Å²) in [6, 6.07) is 8.02. The van der Waals surface area contributed by atoms with Crippen LogP contribution in [0.5, 0.6) is 11.5 Å². The van der Waals surface area contributed by atoms with E-state index in [9.17, 15) is 4.79 Å². The van der Waals surface area contributed by atoms with Crippen molar-refractivity contribution in [3.8, 4) is 23.0 Å². The van der Waals surface area contributed by atoms with Crippen molar-refractivity contribution in [1.29, 1.82) is 0 Å². The smallest absolute Gasteiger partial charge is 0.347 e. The van der Waals surface area contributed by atoms with Gasteiger partial charge < -0.3 is 13.9 Å². The van der Waals surface area contributed by atoms with E-state index >= 15 is 0 Å². The van der Waals surface area contributed by atoms with Crippen LogP contribution in [-0.2, 0) is 0 Å². The zero-order valence-electron chi connectivity index (χ0n) is 12.2. The van der Waals surface area contributed by atoms with Gasteiger partial charge in [0.2, 0.25) is 5.89 Å². The molecule has 0 amide bonds. The fourth-order valence-corrected chi connectivity index (χ4v) is 2.45. The topological polar surface area (TPSA) is 61.6 Å². The van der Waals surface area contributed by atoms with E-state index in [-0.39, 0.29) is 5.89 Å². The number of rotatable bonds is 3. The molecule has 0 unspecified atom stereocenters. The lowest BCUT2D eigenvalue weighted by molar-refractivity contribution is 0.355. The highest BCUT2D eigenvalue weighted by Gasteiger charge is 2.14. The van der Waals surface area contributed by atoms with Crippen LogP contribution in [0.4, 0.5) is 0 Å². The second-order valence-electron chi connectivity index (χ2n) is 4.66. The van der Waals surface area contributed by atoms with Gasteiger partial charge in [-0.25, -0.2) is 9.78 Å². The van der Waals surface area contributed by atoms with Crippen molar-refractivity contribution in [2.75, 3.05) is 14.2 Å². The summed E-state index contributed by atoms with van der Waals surface area (Å²) in [6.07, 6.45) is 0. The third-order valence-electron chi connectivity index (χ3n) is 3.30. The highest BCUT2D eigenvalue weighted by atomic mass is 35.5. The normalized spacial score (nSPS) is 10.8. The zero-order valence-corrected chi connectivity index (χ0v) is 13.7. The van der Waals surface area contributed by atoms with E-state index < -0.39 is 5.63 Å². The zero-order chi connectivity index (χ0) is 16.6. The first-order chi connectivity index (χ1) is 11.0. The summed E-state index contributed by atoms with van der Waals surface area (Å²) in [5, 5.41) is 1.05. The van der Waals surface area contributed by atoms with Crippen molar-refractivity contribution < 1.29 is 13.9 Å². The second kappa shape index (κ2) is 6.10. The molecule has 23 heavy (non-hydrogen) atoms. The number of methoxy groups -OCH3 is 2. The van der Waals surface area contributed by atoms with Crippen LogP contribution in [0.15, 0.2) is 39.5 Å². The first-order valence-electron chi connectivity index (χ1n) is 6.56. The fraction of sp³-hybridized carbons (Fsp3) is 0.125. The molecule has 3 aromatic rings.